The normalized spacial score (nSPS) is 29.3. The molecule has 11 unspecified atom stereocenters. The van der Waals surface area contributed by atoms with Gasteiger partial charge in [-0.05, 0) is 44.9 Å². The van der Waals surface area contributed by atoms with Gasteiger partial charge in [-0.25, -0.2) is 0 Å². The summed E-state index contributed by atoms with van der Waals surface area (Å²) < 4.78 is 33.5. The van der Waals surface area contributed by atoms with E-state index in [0.29, 0.717) is 13.0 Å². The first-order valence-corrected chi connectivity index (χ1v) is 20.9. The lowest BCUT2D eigenvalue weighted by molar-refractivity contribution is -0.332. The largest absolute Gasteiger partial charge is 0.457 e. The molecule has 0 amide bonds. The molecular weight excluding hydrogens is 716 g/mol. The van der Waals surface area contributed by atoms with Crippen LogP contribution in [-0.2, 0) is 33.2 Å². The first kappa shape index (κ1) is 49.6. The topological polar surface area (TPSA) is 214 Å². The van der Waals surface area contributed by atoms with E-state index in [0.717, 1.165) is 25.7 Å². The zero-order valence-electron chi connectivity index (χ0n) is 33.4. The number of carbonyl (C=O) groups excluding carboxylic acids is 1. The van der Waals surface area contributed by atoms with Crippen LogP contribution in [0.4, 0.5) is 0 Å². The number of carbonyl (C=O) groups is 1. The second-order valence-corrected chi connectivity index (χ2v) is 14.8. The Balaban J connectivity index is 1.63. The minimum atomic E-state index is -1.70. The van der Waals surface area contributed by atoms with E-state index in [2.05, 4.69) is 31.2 Å². The van der Waals surface area contributed by atoms with Gasteiger partial charge in [0, 0.05) is 13.0 Å². The van der Waals surface area contributed by atoms with Crippen molar-refractivity contribution in [2.75, 3.05) is 33.0 Å². The summed E-state index contributed by atoms with van der Waals surface area (Å²) in [6.07, 6.45) is 13.0. The third-order valence-corrected chi connectivity index (χ3v) is 9.93. The minimum Gasteiger partial charge on any atom is -0.457 e. The van der Waals surface area contributed by atoms with Crippen LogP contribution < -0.4 is 0 Å². The van der Waals surface area contributed by atoms with Gasteiger partial charge in [-0.3, -0.25) is 4.79 Å². The molecule has 0 spiro atoms. The molecule has 2 saturated heterocycles. The Hall–Kier alpha value is -1.53. The standard InChI is InChI=1S/C41H74O14/c1-3-5-6-7-8-9-10-11-12-13-14-15-16-17-18-19-20-21-22-23-25-50-27-30(53-33(43)24-4-2)28-51-40-39(49)37(47)35(45)32(55-40)29-52-41-38(48)36(46)34(44)31(26-42)54-41/h8-9,11-12,30-32,34-42,44-49H,3-7,10,13-29H2,1-2H3/b9-8-,12-11-. The summed E-state index contributed by atoms with van der Waals surface area (Å²) in [4.78, 5) is 12.3. The first-order valence-electron chi connectivity index (χ1n) is 20.9. The Kier molecular flexibility index (Phi) is 27.5. The molecule has 0 aromatic heterocycles. The van der Waals surface area contributed by atoms with E-state index < -0.39 is 86.7 Å². The molecule has 0 aromatic rings. The van der Waals surface area contributed by atoms with Crippen LogP contribution in [0.2, 0.25) is 0 Å². The van der Waals surface area contributed by atoms with Crippen LogP contribution in [0.5, 0.6) is 0 Å². The van der Waals surface area contributed by atoms with Crippen LogP contribution in [0.1, 0.15) is 129 Å². The number of hydrogen-bond donors (Lipinski definition) is 7. The number of allylic oxidation sites excluding steroid dienone is 4. The molecule has 7 N–H and O–H groups in total. The van der Waals surface area contributed by atoms with Crippen LogP contribution in [0.15, 0.2) is 24.3 Å². The maximum atomic E-state index is 12.3. The molecular formula is C41H74O14. The SMILES string of the molecule is CCCCC/C=C\C/C=C\CCCCCCCCCCCCOCC(COC1OC(COC2OC(CO)C(O)C(O)C2O)C(O)C(O)C1O)OC(=O)CCC. The molecule has 0 bridgehead atoms. The average molecular weight is 791 g/mol. The Morgan fingerprint density at radius 3 is 1.71 bits per heavy atom. The summed E-state index contributed by atoms with van der Waals surface area (Å²) in [6, 6.07) is 0. The lowest BCUT2D eigenvalue weighted by Gasteiger charge is -2.42. The summed E-state index contributed by atoms with van der Waals surface area (Å²) in [6.45, 7) is 3.26. The number of aliphatic hydroxyl groups is 7. The van der Waals surface area contributed by atoms with E-state index >= 15 is 0 Å². The van der Waals surface area contributed by atoms with Crippen LogP contribution in [0.25, 0.3) is 0 Å². The van der Waals surface area contributed by atoms with Crippen molar-refractivity contribution in [1.29, 1.82) is 0 Å². The molecule has 14 heteroatoms. The molecule has 2 aliphatic rings. The Labute approximate surface area is 328 Å². The first-order chi connectivity index (χ1) is 26.6. The Morgan fingerprint density at radius 2 is 1.13 bits per heavy atom. The molecule has 2 rings (SSSR count). The highest BCUT2D eigenvalue weighted by Crippen LogP contribution is 2.26. The van der Waals surface area contributed by atoms with Crippen LogP contribution in [0, 0.1) is 0 Å². The number of unbranched alkanes of at least 4 members (excludes halogenated alkanes) is 13. The minimum absolute atomic E-state index is 0.0546. The Morgan fingerprint density at radius 1 is 0.600 bits per heavy atom. The second-order valence-electron chi connectivity index (χ2n) is 14.8. The van der Waals surface area contributed by atoms with Crippen molar-refractivity contribution in [3.8, 4) is 0 Å². The fourth-order valence-electron chi connectivity index (χ4n) is 6.47. The summed E-state index contributed by atoms with van der Waals surface area (Å²) in [5.41, 5.74) is 0. The van der Waals surface area contributed by atoms with Gasteiger partial charge in [0.2, 0.25) is 0 Å². The van der Waals surface area contributed by atoms with E-state index in [9.17, 15) is 40.5 Å². The highest BCUT2D eigenvalue weighted by atomic mass is 16.7. The number of esters is 1. The van der Waals surface area contributed by atoms with Crippen molar-refractivity contribution >= 4 is 5.97 Å². The van der Waals surface area contributed by atoms with Gasteiger partial charge in [-0.15, -0.1) is 0 Å². The highest BCUT2D eigenvalue weighted by Gasteiger charge is 2.47. The van der Waals surface area contributed by atoms with Crippen molar-refractivity contribution in [2.45, 2.75) is 197 Å². The van der Waals surface area contributed by atoms with Gasteiger partial charge in [0.25, 0.3) is 0 Å². The van der Waals surface area contributed by atoms with Crippen molar-refractivity contribution in [2.24, 2.45) is 0 Å². The molecule has 322 valence electrons. The van der Waals surface area contributed by atoms with Gasteiger partial charge < -0.3 is 64.2 Å². The quantitative estimate of drug-likeness (QED) is 0.0303. The van der Waals surface area contributed by atoms with Crippen LogP contribution in [-0.4, -0.2) is 142 Å². The van der Waals surface area contributed by atoms with Crippen molar-refractivity contribution in [3.63, 3.8) is 0 Å². The van der Waals surface area contributed by atoms with E-state index in [1.165, 1.54) is 77.0 Å². The van der Waals surface area contributed by atoms with Crippen molar-refractivity contribution < 1.29 is 69.0 Å². The van der Waals surface area contributed by atoms with Gasteiger partial charge in [0.05, 0.1) is 26.4 Å². The van der Waals surface area contributed by atoms with Crippen LogP contribution >= 0.6 is 0 Å². The summed E-state index contributed by atoms with van der Waals surface area (Å²) in [7, 11) is 0. The number of hydrogen-bond acceptors (Lipinski definition) is 14. The van der Waals surface area contributed by atoms with Gasteiger partial charge >= 0.3 is 5.97 Å². The third kappa shape index (κ3) is 20.1. The predicted octanol–water partition coefficient (Wildman–Crippen LogP) is 3.73. The van der Waals surface area contributed by atoms with E-state index in [1.807, 2.05) is 6.92 Å². The highest BCUT2D eigenvalue weighted by molar-refractivity contribution is 5.69. The molecule has 0 aliphatic carbocycles. The molecule has 2 fully saturated rings. The monoisotopic (exact) mass is 791 g/mol. The maximum absolute atomic E-state index is 12.3. The maximum Gasteiger partial charge on any atom is 0.306 e. The van der Waals surface area contributed by atoms with Gasteiger partial charge in [-0.1, -0.05) is 102 Å². The molecule has 11 atom stereocenters. The zero-order chi connectivity index (χ0) is 40.3. The fraction of sp³-hybridized carbons (Fsp3) is 0.878. The smallest absolute Gasteiger partial charge is 0.306 e. The van der Waals surface area contributed by atoms with Crippen LogP contribution in [0.3, 0.4) is 0 Å². The molecule has 0 radical (unpaired) electrons. The molecule has 2 aliphatic heterocycles. The van der Waals surface area contributed by atoms with Gasteiger partial charge in [0.1, 0.15) is 54.9 Å². The number of rotatable bonds is 31. The summed E-state index contributed by atoms with van der Waals surface area (Å²) in [5.74, 6) is -0.431. The molecule has 55 heavy (non-hydrogen) atoms. The van der Waals surface area contributed by atoms with Crippen molar-refractivity contribution in [1.82, 2.24) is 0 Å². The summed E-state index contributed by atoms with van der Waals surface area (Å²) >= 11 is 0. The number of aliphatic hydroxyl groups excluding tert-OH is 7. The lowest BCUT2D eigenvalue weighted by atomic mass is 9.98. The van der Waals surface area contributed by atoms with Gasteiger partial charge in [-0.2, -0.15) is 0 Å². The predicted molar refractivity (Wildman–Crippen MR) is 206 cm³/mol. The Bertz CT molecular complexity index is 1010. The molecule has 0 saturated carbocycles. The third-order valence-electron chi connectivity index (χ3n) is 9.93. The van der Waals surface area contributed by atoms with E-state index in [-0.39, 0.29) is 19.6 Å². The average Bonchev–Trinajstić information content (AvgIpc) is 3.17. The fourth-order valence-corrected chi connectivity index (χ4v) is 6.47. The van der Waals surface area contributed by atoms with Crippen molar-refractivity contribution in [3.05, 3.63) is 24.3 Å². The second kappa shape index (κ2) is 30.5. The lowest BCUT2D eigenvalue weighted by Crippen LogP contribution is -2.61. The number of ether oxygens (including phenoxy) is 6. The molecule has 14 nitrogen and oxygen atoms in total. The molecule has 2 heterocycles. The van der Waals surface area contributed by atoms with Gasteiger partial charge in [0.15, 0.2) is 12.6 Å². The van der Waals surface area contributed by atoms with E-state index in [1.54, 1.807) is 0 Å². The zero-order valence-corrected chi connectivity index (χ0v) is 33.4. The summed E-state index contributed by atoms with van der Waals surface area (Å²) in [5, 5.41) is 71.2. The van der Waals surface area contributed by atoms with E-state index in [4.69, 9.17) is 28.4 Å². The molecule has 0 aromatic carbocycles.